The lowest BCUT2D eigenvalue weighted by atomic mass is 10.2. The maximum Gasteiger partial charge on any atom is 0.242 e. The number of halogens is 1. The number of carbonyl (C=O) groups is 1. The Morgan fingerprint density at radius 2 is 2.50 bits per heavy atom. The fourth-order valence-corrected chi connectivity index (χ4v) is 1.47. The van der Waals surface area contributed by atoms with Crippen molar-refractivity contribution < 1.29 is 4.79 Å². The zero-order valence-electron chi connectivity index (χ0n) is 7.33. The molecule has 5 nitrogen and oxygen atoms in total. The van der Waals surface area contributed by atoms with Crippen LogP contribution in [0, 0.1) is 0 Å². The van der Waals surface area contributed by atoms with Crippen LogP contribution in [0.5, 0.6) is 0 Å². The average Bonchev–Trinajstić information content (AvgIpc) is 2.52. The van der Waals surface area contributed by atoms with E-state index in [0.29, 0.717) is 12.4 Å². The van der Waals surface area contributed by atoms with Gasteiger partial charge in [0.25, 0.3) is 0 Å². The Bertz CT molecular complexity index is 357. The van der Waals surface area contributed by atoms with E-state index in [1.54, 1.807) is 12.3 Å². The number of nitrogens with one attached hydrogen (secondary N) is 2. The number of amides is 1. The summed E-state index contributed by atoms with van der Waals surface area (Å²) in [7, 11) is 0. The molecule has 1 fully saturated rings. The molecule has 0 spiro atoms. The summed E-state index contributed by atoms with van der Waals surface area (Å²) in [4.78, 5) is 18.9. The summed E-state index contributed by atoms with van der Waals surface area (Å²) in [6.07, 6.45) is 2.31. The van der Waals surface area contributed by atoms with Crippen molar-refractivity contribution in [3.63, 3.8) is 0 Å². The molecule has 0 aliphatic carbocycles. The van der Waals surface area contributed by atoms with Gasteiger partial charge in [-0.2, -0.15) is 0 Å². The summed E-state index contributed by atoms with van der Waals surface area (Å²) in [6.45, 7) is 0.704. The average molecular weight is 213 g/mol. The molecule has 1 aromatic rings. The van der Waals surface area contributed by atoms with Crippen molar-refractivity contribution in [3.05, 3.63) is 17.5 Å². The molecule has 2 rings (SSSR count). The lowest BCUT2D eigenvalue weighted by Crippen LogP contribution is -2.29. The van der Waals surface area contributed by atoms with Crippen molar-refractivity contribution in [2.24, 2.45) is 0 Å². The number of hydrogen-bond donors (Lipinski definition) is 2. The van der Waals surface area contributed by atoms with E-state index in [-0.39, 0.29) is 17.2 Å². The molecular formula is C8H9ClN4O. The van der Waals surface area contributed by atoms with Gasteiger partial charge in [0.2, 0.25) is 11.2 Å². The Labute approximate surface area is 85.9 Å². The van der Waals surface area contributed by atoms with Gasteiger partial charge in [0.15, 0.2) is 0 Å². The first-order valence-corrected chi connectivity index (χ1v) is 4.66. The number of rotatable bonds is 2. The normalized spacial score (nSPS) is 20.6. The van der Waals surface area contributed by atoms with Crippen molar-refractivity contribution in [2.45, 2.75) is 12.5 Å². The van der Waals surface area contributed by atoms with E-state index in [1.807, 2.05) is 0 Å². The van der Waals surface area contributed by atoms with Gasteiger partial charge in [0.05, 0.1) is 0 Å². The van der Waals surface area contributed by atoms with Crippen LogP contribution in [-0.4, -0.2) is 28.5 Å². The van der Waals surface area contributed by atoms with Gasteiger partial charge in [-0.3, -0.25) is 4.79 Å². The highest BCUT2D eigenvalue weighted by Crippen LogP contribution is 2.10. The van der Waals surface area contributed by atoms with Crippen LogP contribution >= 0.6 is 11.6 Å². The molecule has 14 heavy (non-hydrogen) atoms. The van der Waals surface area contributed by atoms with E-state index in [4.69, 9.17) is 11.6 Å². The van der Waals surface area contributed by atoms with Crippen LogP contribution in [0.15, 0.2) is 12.3 Å². The predicted octanol–water partition coefficient (Wildman–Crippen LogP) is 0.430. The minimum absolute atomic E-state index is 0.000246. The lowest BCUT2D eigenvalue weighted by Gasteiger charge is -2.09. The highest BCUT2D eigenvalue weighted by atomic mass is 35.5. The minimum Gasteiger partial charge on any atom is -0.358 e. The predicted molar refractivity (Wildman–Crippen MR) is 52.1 cm³/mol. The van der Waals surface area contributed by atoms with Crippen LogP contribution in [0.3, 0.4) is 0 Å². The second-order valence-corrected chi connectivity index (χ2v) is 3.33. The highest BCUT2D eigenvalue weighted by molar-refractivity contribution is 6.28. The third-order valence-electron chi connectivity index (χ3n) is 2.00. The third-order valence-corrected chi connectivity index (χ3v) is 2.18. The summed E-state index contributed by atoms with van der Waals surface area (Å²) < 4.78 is 0. The molecule has 2 N–H and O–H groups in total. The van der Waals surface area contributed by atoms with Crippen LogP contribution in [0.25, 0.3) is 0 Å². The molecule has 0 aromatic carbocycles. The van der Waals surface area contributed by atoms with Crippen molar-refractivity contribution >= 4 is 23.3 Å². The molecule has 1 aromatic heterocycles. The molecule has 2 heterocycles. The van der Waals surface area contributed by atoms with Crippen molar-refractivity contribution in [3.8, 4) is 0 Å². The zero-order valence-corrected chi connectivity index (χ0v) is 8.08. The Morgan fingerprint density at radius 3 is 3.14 bits per heavy atom. The van der Waals surface area contributed by atoms with Gasteiger partial charge in [-0.15, -0.1) is 0 Å². The van der Waals surface area contributed by atoms with Crippen LogP contribution in [-0.2, 0) is 4.79 Å². The SMILES string of the molecule is O=C1NCC[C@@H]1Nc1ccnc(Cl)n1. The minimum atomic E-state index is -0.207. The maximum atomic E-state index is 11.2. The topological polar surface area (TPSA) is 66.9 Å². The molecule has 0 radical (unpaired) electrons. The number of nitrogens with zero attached hydrogens (tertiary/aromatic N) is 2. The van der Waals surface area contributed by atoms with E-state index in [9.17, 15) is 4.79 Å². The Balaban J connectivity index is 2.07. The van der Waals surface area contributed by atoms with Gasteiger partial charge in [-0.25, -0.2) is 9.97 Å². The van der Waals surface area contributed by atoms with Gasteiger partial charge in [-0.1, -0.05) is 0 Å². The summed E-state index contributed by atoms with van der Waals surface area (Å²) in [5.41, 5.74) is 0. The second-order valence-electron chi connectivity index (χ2n) is 2.99. The van der Waals surface area contributed by atoms with Gasteiger partial charge in [0.1, 0.15) is 11.9 Å². The zero-order chi connectivity index (χ0) is 9.97. The largest absolute Gasteiger partial charge is 0.358 e. The third kappa shape index (κ3) is 1.93. The quantitative estimate of drug-likeness (QED) is 0.698. The summed E-state index contributed by atoms with van der Waals surface area (Å²) in [5.74, 6) is 0.576. The van der Waals surface area contributed by atoms with E-state index in [0.717, 1.165) is 6.42 Å². The number of aromatic nitrogens is 2. The first kappa shape index (κ1) is 9.21. The monoisotopic (exact) mass is 212 g/mol. The van der Waals surface area contributed by atoms with Crippen LogP contribution in [0.1, 0.15) is 6.42 Å². The molecule has 1 atom stereocenters. The van der Waals surface area contributed by atoms with Crippen molar-refractivity contribution in [1.29, 1.82) is 0 Å². The first-order chi connectivity index (χ1) is 6.75. The molecule has 74 valence electrons. The summed E-state index contributed by atoms with van der Waals surface area (Å²) in [6, 6.07) is 1.47. The lowest BCUT2D eigenvalue weighted by molar-refractivity contribution is -0.119. The smallest absolute Gasteiger partial charge is 0.242 e. The van der Waals surface area contributed by atoms with Crippen LogP contribution in [0.2, 0.25) is 5.28 Å². The highest BCUT2D eigenvalue weighted by Gasteiger charge is 2.23. The molecule has 1 aliphatic heterocycles. The molecule has 0 bridgehead atoms. The number of hydrogen-bond acceptors (Lipinski definition) is 4. The molecular weight excluding hydrogens is 204 g/mol. The standard InChI is InChI=1S/C8H9ClN4O/c9-8-11-4-2-6(13-8)12-5-1-3-10-7(5)14/h2,4-5H,1,3H2,(H,10,14)(H,11,12,13)/t5-/m0/s1. The van der Waals surface area contributed by atoms with E-state index in [2.05, 4.69) is 20.6 Å². The van der Waals surface area contributed by atoms with Gasteiger partial charge < -0.3 is 10.6 Å². The fourth-order valence-electron chi connectivity index (χ4n) is 1.33. The summed E-state index contributed by atoms with van der Waals surface area (Å²) in [5, 5.41) is 5.88. The van der Waals surface area contributed by atoms with Gasteiger partial charge in [-0.05, 0) is 24.1 Å². The van der Waals surface area contributed by atoms with Crippen molar-refractivity contribution in [1.82, 2.24) is 15.3 Å². The Morgan fingerprint density at radius 1 is 1.64 bits per heavy atom. The fraction of sp³-hybridized carbons (Fsp3) is 0.375. The number of anilines is 1. The van der Waals surface area contributed by atoms with Crippen LogP contribution < -0.4 is 10.6 Å². The van der Waals surface area contributed by atoms with Gasteiger partial charge in [0, 0.05) is 12.7 Å². The van der Waals surface area contributed by atoms with E-state index < -0.39 is 0 Å². The molecule has 1 aliphatic rings. The molecule has 1 amide bonds. The first-order valence-electron chi connectivity index (χ1n) is 4.28. The maximum absolute atomic E-state index is 11.2. The number of carbonyl (C=O) groups excluding carboxylic acids is 1. The Kier molecular flexibility index (Phi) is 2.49. The molecule has 6 heteroatoms. The molecule has 0 unspecified atom stereocenters. The molecule has 1 saturated heterocycles. The van der Waals surface area contributed by atoms with Gasteiger partial charge >= 0.3 is 0 Å². The van der Waals surface area contributed by atoms with E-state index in [1.165, 1.54) is 0 Å². The van der Waals surface area contributed by atoms with E-state index >= 15 is 0 Å². The Hall–Kier alpha value is -1.36. The van der Waals surface area contributed by atoms with Crippen LogP contribution in [0.4, 0.5) is 5.82 Å². The molecule has 0 saturated carbocycles. The van der Waals surface area contributed by atoms with Crippen molar-refractivity contribution in [2.75, 3.05) is 11.9 Å². The summed E-state index contributed by atoms with van der Waals surface area (Å²) >= 11 is 5.60. The second kappa shape index (κ2) is 3.79.